The van der Waals surface area contributed by atoms with Crippen LogP contribution in [0, 0.1) is 0 Å². The Morgan fingerprint density at radius 1 is 0.737 bits per heavy atom. The summed E-state index contributed by atoms with van der Waals surface area (Å²) in [6, 6.07) is 29.3. The molecular formula is C31H33F3N2O2. The molecule has 38 heavy (non-hydrogen) atoms. The van der Waals surface area contributed by atoms with Crippen molar-refractivity contribution < 1.29 is 22.8 Å². The van der Waals surface area contributed by atoms with Gasteiger partial charge in [0, 0.05) is 18.7 Å². The molecule has 0 saturated heterocycles. The molecule has 7 heteroatoms. The molecule has 0 bridgehead atoms. The van der Waals surface area contributed by atoms with Crippen LogP contribution in [-0.2, 0) is 23.8 Å². The fourth-order valence-corrected chi connectivity index (χ4v) is 3.42. The summed E-state index contributed by atoms with van der Waals surface area (Å²) in [4.78, 5) is 21.9. The lowest BCUT2D eigenvalue weighted by atomic mass is 10.1. The molecule has 0 atom stereocenters. The lowest BCUT2D eigenvalue weighted by molar-refractivity contribution is -0.137. The predicted octanol–water partition coefficient (Wildman–Crippen LogP) is 6.83. The summed E-state index contributed by atoms with van der Waals surface area (Å²) < 4.78 is 36.3. The van der Waals surface area contributed by atoms with Crippen LogP contribution in [0.3, 0.4) is 0 Å². The normalized spacial score (nSPS) is 10.3. The van der Waals surface area contributed by atoms with Gasteiger partial charge in [-0.05, 0) is 52.9 Å². The molecule has 2 N–H and O–H groups in total. The molecule has 4 aromatic rings. The highest BCUT2D eigenvalue weighted by Gasteiger charge is 2.30. The molecule has 0 aromatic heterocycles. The maximum absolute atomic E-state index is 12.1. The molecule has 4 rings (SSSR count). The summed E-state index contributed by atoms with van der Waals surface area (Å²) in [6.45, 7) is 4.85. The number of hydrogen-bond donors (Lipinski definition) is 2. The van der Waals surface area contributed by atoms with E-state index >= 15 is 0 Å². The van der Waals surface area contributed by atoms with Gasteiger partial charge in [-0.2, -0.15) is 13.2 Å². The van der Waals surface area contributed by atoms with Crippen molar-refractivity contribution in [2.24, 2.45) is 0 Å². The Morgan fingerprint density at radius 2 is 1.37 bits per heavy atom. The van der Waals surface area contributed by atoms with Crippen LogP contribution >= 0.6 is 0 Å². The Hall–Kier alpha value is -4.13. The summed E-state index contributed by atoms with van der Waals surface area (Å²) in [5, 5.41) is 7.37. The van der Waals surface area contributed by atoms with Gasteiger partial charge in [0.1, 0.15) is 0 Å². The van der Waals surface area contributed by atoms with E-state index in [4.69, 9.17) is 0 Å². The third-order valence-electron chi connectivity index (χ3n) is 5.56. The Morgan fingerprint density at radius 3 is 1.97 bits per heavy atom. The first-order valence-electron chi connectivity index (χ1n) is 12.4. The van der Waals surface area contributed by atoms with Crippen molar-refractivity contribution in [3.05, 3.63) is 119 Å². The van der Waals surface area contributed by atoms with Crippen LogP contribution < -0.4 is 10.6 Å². The number of aryl methyl sites for hydroxylation is 2. The number of carbonyl (C=O) groups is 2. The van der Waals surface area contributed by atoms with E-state index in [9.17, 15) is 22.8 Å². The number of benzene rings is 4. The number of nitrogens with one attached hydrogen (secondary N) is 2. The Kier molecular flexibility index (Phi) is 12.6. The van der Waals surface area contributed by atoms with Gasteiger partial charge >= 0.3 is 6.18 Å². The number of fused-ring (bicyclic) bond motifs is 1. The molecule has 0 fully saturated rings. The van der Waals surface area contributed by atoms with E-state index in [2.05, 4.69) is 41.8 Å². The van der Waals surface area contributed by atoms with Crippen molar-refractivity contribution >= 4 is 23.1 Å². The second-order valence-corrected chi connectivity index (χ2v) is 8.28. The molecular weight excluding hydrogens is 489 g/mol. The Bertz CT molecular complexity index is 1270. The Labute approximate surface area is 221 Å². The highest BCUT2D eigenvalue weighted by atomic mass is 19.4. The lowest BCUT2D eigenvalue weighted by Gasteiger charge is -2.06. The molecule has 0 radical (unpaired) electrons. The van der Waals surface area contributed by atoms with Crippen molar-refractivity contribution in [3.8, 4) is 0 Å². The van der Waals surface area contributed by atoms with Gasteiger partial charge in [0.2, 0.25) is 6.41 Å². The number of rotatable bonds is 7. The maximum Gasteiger partial charge on any atom is 0.416 e. The fraction of sp³-hybridized carbons (Fsp3) is 0.226. The van der Waals surface area contributed by atoms with Gasteiger partial charge in [-0.1, -0.05) is 92.7 Å². The van der Waals surface area contributed by atoms with Crippen LogP contribution in [0.25, 0.3) is 10.8 Å². The van der Waals surface area contributed by atoms with Gasteiger partial charge in [-0.3, -0.25) is 9.59 Å². The van der Waals surface area contributed by atoms with Gasteiger partial charge in [-0.15, -0.1) is 0 Å². The smallest absolute Gasteiger partial charge is 0.357 e. The van der Waals surface area contributed by atoms with Crippen molar-refractivity contribution in [1.82, 2.24) is 10.6 Å². The highest BCUT2D eigenvalue weighted by Crippen LogP contribution is 2.29. The summed E-state index contributed by atoms with van der Waals surface area (Å²) >= 11 is 0. The largest absolute Gasteiger partial charge is 0.416 e. The van der Waals surface area contributed by atoms with Crippen LogP contribution in [0.5, 0.6) is 0 Å². The first-order valence-corrected chi connectivity index (χ1v) is 12.4. The quantitative estimate of drug-likeness (QED) is 0.206. The first kappa shape index (κ1) is 30.1. The summed E-state index contributed by atoms with van der Waals surface area (Å²) in [5.74, 6) is -0.131. The third-order valence-corrected chi connectivity index (χ3v) is 5.56. The monoisotopic (exact) mass is 522 g/mol. The van der Waals surface area contributed by atoms with E-state index in [-0.39, 0.29) is 5.91 Å². The summed E-state index contributed by atoms with van der Waals surface area (Å²) in [5.41, 5.74) is 2.18. The van der Waals surface area contributed by atoms with E-state index in [1.165, 1.54) is 17.7 Å². The van der Waals surface area contributed by atoms with Crippen molar-refractivity contribution in [2.75, 3.05) is 13.1 Å². The van der Waals surface area contributed by atoms with E-state index in [0.29, 0.717) is 37.0 Å². The first-order chi connectivity index (χ1) is 18.3. The van der Waals surface area contributed by atoms with Crippen LogP contribution in [0.4, 0.5) is 13.2 Å². The zero-order valence-corrected chi connectivity index (χ0v) is 21.6. The van der Waals surface area contributed by atoms with Gasteiger partial charge in [0.05, 0.1) is 5.56 Å². The molecule has 0 spiro atoms. The van der Waals surface area contributed by atoms with E-state index in [1.807, 2.05) is 49.4 Å². The molecule has 0 saturated carbocycles. The number of hydrogen-bond acceptors (Lipinski definition) is 2. The second kappa shape index (κ2) is 15.9. The minimum atomic E-state index is -4.22. The minimum absolute atomic E-state index is 0.131. The zero-order chi connectivity index (χ0) is 27.8. The van der Waals surface area contributed by atoms with E-state index in [1.54, 1.807) is 12.1 Å². The number of halogens is 3. The van der Waals surface area contributed by atoms with Crippen molar-refractivity contribution in [2.45, 2.75) is 32.9 Å². The average molecular weight is 523 g/mol. The Balaban J connectivity index is 0.000000218. The maximum atomic E-state index is 12.1. The van der Waals surface area contributed by atoms with Gasteiger partial charge in [0.15, 0.2) is 0 Å². The molecule has 200 valence electrons. The molecule has 0 unspecified atom stereocenters. The summed E-state index contributed by atoms with van der Waals surface area (Å²) in [6.07, 6.45) is -1.84. The van der Waals surface area contributed by atoms with Crippen LogP contribution in [-0.4, -0.2) is 25.4 Å². The SMILES string of the molecule is CCc1cccc(C(F)(F)F)c1.CCc1ccccc1.O=CNCCNC(=O)c1ccc2ccccc2c1. The molecule has 4 nitrogen and oxygen atoms in total. The molecule has 0 heterocycles. The molecule has 0 aliphatic heterocycles. The summed E-state index contributed by atoms with van der Waals surface area (Å²) in [7, 11) is 0. The average Bonchev–Trinajstić information content (AvgIpc) is 2.95. The van der Waals surface area contributed by atoms with Crippen molar-refractivity contribution in [3.63, 3.8) is 0 Å². The predicted molar refractivity (Wildman–Crippen MR) is 147 cm³/mol. The standard InChI is InChI=1S/C14H14N2O2.C9H9F3.C8H10/c17-10-15-7-8-16-14(18)13-6-5-11-3-1-2-4-12(11)9-13;1-2-7-4-3-5-8(6-7)9(10,11)12;1-2-8-6-4-3-5-7-8/h1-6,9-10H,7-8H2,(H,15,17)(H,16,18);3-6H,2H2,1H3;3-7H,2H2,1H3. The fourth-order valence-electron chi connectivity index (χ4n) is 3.42. The minimum Gasteiger partial charge on any atom is -0.357 e. The van der Waals surface area contributed by atoms with Gasteiger partial charge in [0.25, 0.3) is 5.91 Å². The van der Waals surface area contributed by atoms with Crippen molar-refractivity contribution in [1.29, 1.82) is 0 Å². The molecule has 2 amide bonds. The number of amides is 2. The third kappa shape index (κ3) is 10.5. The van der Waals surface area contributed by atoms with Gasteiger partial charge in [-0.25, -0.2) is 0 Å². The van der Waals surface area contributed by atoms with Gasteiger partial charge < -0.3 is 10.6 Å². The molecule has 0 aliphatic rings. The van der Waals surface area contributed by atoms with Crippen LogP contribution in [0.2, 0.25) is 0 Å². The lowest BCUT2D eigenvalue weighted by Crippen LogP contribution is -2.31. The molecule has 4 aromatic carbocycles. The van der Waals surface area contributed by atoms with Crippen LogP contribution in [0.15, 0.2) is 97.1 Å². The highest BCUT2D eigenvalue weighted by molar-refractivity contribution is 5.98. The van der Waals surface area contributed by atoms with E-state index < -0.39 is 11.7 Å². The number of alkyl halides is 3. The zero-order valence-electron chi connectivity index (χ0n) is 21.6. The van der Waals surface area contributed by atoms with Crippen LogP contribution in [0.1, 0.15) is 40.9 Å². The van der Waals surface area contributed by atoms with E-state index in [0.717, 1.165) is 23.3 Å². The topological polar surface area (TPSA) is 58.2 Å². The molecule has 0 aliphatic carbocycles. The second-order valence-electron chi connectivity index (χ2n) is 8.28. The number of carbonyl (C=O) groups excluding carboxylic acids is 2.